The molecule has 6 nitrogen and oxygen atoms in total. The zero-order valence-electron chi connectivity index (χ0n) is 11.3. The van der Waals surface area contributed by atoms with Crippen LogP contribution in [0.4, 0.5) is 0 Å². The number of hydrogen-bond acceptors (Lipinski definition) is 4. The molecule has 0 bridgehead atoms. The van der Waals surface area contributed by atoms with Crippen LogP contribution in [0, 0.1) is 25.7 Å². The van der Waals surface area contributed by atoms with E-state index in [-0.39, 0.29) is 18.4 Å². The lowest BCUT2D eigenvalue weighted by atomic mass is 9.99. The molecule has 6 heteroatoms. The molecule has 1 saturated heterocycles. The summed E-state index contributed by atoms with van der Waals surface area (Å²) in [5.41, 5.74) is 1.75. The lowest BCUT2D eigenvalue weighted by molar-refractivity contribution is -0.142. The zero-order chi connectivity index (χ0) is 14.2. The van der Waals surface area contributed by atoms with Crippen LogP contribution >= 0.6 is 0 Å². The predicted molar refractivity (Wildman–Crippen MR) is 67.7 cm³/mol. The first-order valence-electron chi connectivity index (χ1n) is 6.23. The molecule has 0 radical (unpaired) electrons. The summed E-state index contributed by atoms with van der Waals surface area (Å²) in [5, 5.41) is 16.9. The first-order chi connectivity index (χ1) is 8.90. The molecule has 1 aromatic heterocycles. The molecule has 1 amide bonds. The minimum Gasteiger partial charge on any atom is -0.481 e. The molecule has 1 N–H and O–H groups in total. The maximum Gasteiger partial charge on any atom is 0.308 e. The monoisotopic (exact) mass is 263 g/mol. The lowest BCUT2D eigenvalue weighted by Gasteiger charge is -2.16. The number of aliphatic carboxylic acids is 1. The zero-order valence-corrected chi connectivity index (χ0v) is 11.3. The van der Waals surface area contributed by atoms with Crippen molar-refractivity contribution in [2.45, 2.75) is 20.8 Å². The second-order valence-corrected chi connectivity index (χ2v) is 5.12. The highest BCUT2D eigenvalue weighted by Crippen LogP contribution is 2.25. The van der Waals surface area contributed by atoms with Gasteiger partial charge in [0.25, 0.3) is 5.91 Å². The van der Waals surface area contributed by atoms with E-state index < -0.39 is 11.9 Å². The van der Waals surface area contributed by atoms with E-state index in [1.807, 2.05) is 6.92 Å². The Hall–Kier alpha value is -1.98. The molecule has 1 aliphatic rings. The van der Waals surface area contributed by atoms with Crippen molar-refractivity contribution < 1.29 is 14.7 Å². The van der Waals surface area contributed by atoms with Crippen molar-refractivity contribution in [3.05, 3.63) is 23.0 Å². The van der Waals surface area contributed by atoms with Crippen LogP contribution in [0.25, 0.3) is 0 Å². The van der Waals surface area contributed by atoms with Gasteiger partial charge in [0.05, 0.1) is 22.9 Å². The second-order valence-electron chi connectivity index (χ2n) is 5.12. The number of aryl methyl sites for hydroxylation is 2. The lowest BCUT2D eigenvalue weighted by Crippen LogP contribution is -2.30. The molecule has 2 heterocycles. The first-order valence-corrected chi connectivity index (χ1v) is 6.23. The smallest absolute Gasteiger partial charge is 0.308 e. The molecule has 0 spiro atoms. The number of amides is 1. The van der Waals surface area contributed by atoms with E-state index in [1.54, 1.807) is 24.8 Å². The van der Waals surface area contributed by atoms with Gasteiger partial charge in [-0.3, -0.25) is 9.59 Å². The molecule has 0 saturated carbocycles. The van der Waals surface area contributed by atoms with Crippen molar-refractivity contribution in [1.29, 1.82) is 0 Å². The Kier molecular flexibility index (Phi) is 3.50. The number of likely N-dealkylation sites (tertiary alicyclic amines) is 1. The van der Waals surface area contributed by atoms with E-state index in [4.69, 9.17) is 5.11 Å². The Morgan fingerprint density at radius 2 is 2.00 bits per heavy atom. The number of aromatic nitrogens is 2. The van der Waals surface area contributed by atoms with Gasteiger partial charge in [-0.25, -0.2) is 0 Å². The number of carbonyl (C=O) groups is 2. The third-order valence-electron chi connectivity index (χ3n) is 3.55. The molecule has 1 aromatic rings. The summed E-state index contributed by atoms with van der Waals surface area (Å²) in [6.45, 7) is 6.09. The van der Waals surface area contributed by atoms with Crippen LogP contribution in [0.5, 0.6) is 0 Å². The van der Waals surface area contributed by atoms with Crippen molar-refractivity contribution in [3.63, 3.8) is 0 Å². The fourth-order valence-electron chi connectivity index (χ4n) is 2.39. The summed E-state index contributed by atoms with van der Waals surface area (Å²) in [6, 6.07) is 1.70. The summed E-state index contributed by atoms with van der Waals surface area (Å²) in [5.74, 6) is -1.52. The largest absolute Gasteiger partial charge is 0.481 e. The third kappa shape index (κ3) is 2.57. The first kappa shape index (κ1) is 13.5. The molecule has 1 aliphatic heterocycles. The average Bonchev–Trinajstić information content (AvgIpc) is 2.74. The van der Waals surface area contributed by atoms with Crippen LogP contribution in [-0.2, 0) is 4.79 Å². The van der Waals surface area contributed by atoms with Crippen LogP contribution in [0.1, 0.15) is 28.7 Å². The Balaban J connectivity index is 2.22. The molecule has 2 unspecified atom stereocenters. The molecule has 0 aliphatic carbocycles. The quantitative estimate of drug-likeness (QED) is 0.856. The van der Waals surface area contributed by atoms with Crippen LogP contribution in [-0.4, -0.2) is 45.2 Å². The fraction of sp³-hybridized carbons (Fsp3) is 0.538. The predicted octanol–water partition coefficient (Wildman–Crippen LogP) is 0.886. The average molecular weight is 263 g/mol. The fourth-order valence-corrected chi connectivity index (χ4v) is 2.39. The van der Waals surface area contributed by atoms with Crippen molar-refractivity contribution in [2.75, 3.05) is 13.1 Å². The number of rotatable bonds is 2. The molecule has 0 aromatic carbocycles. The van der Waals surface area contributed by atoms with Crippen molar-refractivity contribution in [2.24, 2.45) is 11.8 Å². The molecule has 2 atom stereocenters. The Morgan fingerprint density at radius 1 is 1.32 bits per heavy atom. The van der Waals surface area contributed by atoms with Crippen LogP contribution in [0.2, 0.25) is 0 Å². The number of carboxylic acid groups (broad SMARTS) is 1. The highest BCUT2D eigenvalue weighted by Gasteiger charge is 2.37. The van der Waals surface area contributed by atoms with Crippen LogP contribution in [0.3, 0.4) is 0 Å². The van der Waals surface area contributed by atoms with E-state index in [1.165, 1.54) is 0 Å². The minimum absolute atomic E-state index is 0.0300. The Bertz CT molecular complexity index is 530. The van der Waals surface area contributed by atoms with Gasteiger partial charge in [-0.05, 0) is 25.8 Å². The van der Waals surface area contributed by atoms with E-state index in [9.17, 15) is 9.59 Å². The Morgan fingerprint density at radius 3 is 2.58 bits per heavy atom. The molecule has 2 rings (SSSR count). The van der Waals surface area contributed by atoms with E-state index >= 15 is 0 Å². The van der Waals surface area contributed by atoms with E-state index in [0.29, 0.717) is 23.5 Å². The summed E-state index contributed by atoms with van der Waals surface area (Å²) in [4.78, 5) is 25.1. The Labute approximate surface area is 111 Å². The molecular weight excluding hydrogens is 246 g/mol. The van der Waals surface area contributed by atoms with E-state index in [0.717, 1.165) is 0 Å². The van der Waals surface area contributed by atoms with Gasteiger partial charge in [0, 0.05) is 13.1 Å². The van der Waals surface area contributed by atoms with Gasteiger partial charge in [-0.2, -0.15) is 10.2 Å². The van der Waals surface area contributed by atoms with Crippen molar-refractivity contribution >= 4 is 11.9 Å². The van der Waals surface area contributed by atoms with Gasteiger partial charge in [-0.15, -0.1) is 0 Å². The molecular formula is C13H17N3O3. The van der Waals surface area contributed by atoms with Gasteiger partial charge in [0.1, 0.15) is 0 Å². The summed E-state index contributed by atoms with van der Waals surface area (Å²) in [7, 11) is 0. The maximum atomic E-state index is 12.4. The number of carboxylic acids is 1. The topological polar surface area (TPSA) is 83.4 Å². The number of carbonyl (C=O) groups excluding carboxylic acids is 1. The molecule has 102 valence electrons. The normalized spacial score (nSPS) is 22.6. The highest BCUT2D eigenvalue weighted by atomic mass is 16.4. The van der Waals surface area contributed by atoms with Gasteiger partial charge in [-0.1, -0.05) is 6.92 Å². The van der Waals surface area contributed by atoms with E-state index in [2.05, 4.69) is 10.2 Å². The van der Waals surface area contributed by atoms with Crippen molar-refractivity contribution in [1.82, 2.24) is 15.1 Å². The van der Waals surface area contributed by atoms with Crippen LogP contribution < -0.4 is 0 Å². The SMILES string of the molecule is Cc1cc(C(=O)N2CC(C)C(C(=O)O)C2)c(C)nn1. The minimum atomic E-state index is -0.844. The number of hydrogen-bond donors (Lipinski definition) is 1. The third-order valence-corrected chi connectivity index (χ3v) is 3.55. The molecule has 19 heavy (non-hydrogen) atoms. The maximum absolute atomic E-state index is 12.4. The van der Waals surface area contributed by atoms with Crippen molar-refractivity contribution in [3.8, 4) is 0 Å². The highest BCUT2D eigenvalue weighted by molar-refractivity contribution is 5.95. The van der Waals surface area contributed by atoms with Crippen LogP contribution in [0.15, 0.2) is 6.07 Å². The summed E-state index contributed by atoms with van der Waals surface area (Å²) in [6.07, 6.45) is 0. The summed E-state index contributed by atoms with van der Waals surface area (Å²) < 4.78 is 0. The summed E-state index contributed by atoms with van der Waals surface area (Å²) >= 11 is 0. The van der Waals surface area contributed by atoms with Gasteiger partial charge in [0.15, 0.2) is 0 Å². The standard InChI is InChI=1S/C13H17N3O3/c1-7-5-16(6-11(7)13(18)19)12(17)10-4-8(2)14-15-9(10)3/h4,7,11H,5-6H2,1-3H3,(H,18,19). The second kappa shape index (κ2) is 4.95. The van der Waals surface area contributed by atoms with Gasteiger partial charge >= 0.3 is 5.97 Å². The van der Waals surface area contributed by atoms with Gasteiger partial charge in [0.2, 0.25) is 0 Å². The van der Waals surface area contributed by atoms with Gasteiger partial charge < -0.3 is 10.0 Å². The number of nitrogens with zero attached hydrogens (tertiary/aromatic N) is 3. The molecule has 1 fully saturated rings.